The maximum Gasteiger partial charge on any atom is 0.0399 e. The van der Waals surface area contributed by atoms with E-state index in [0.717, 1.165) is 0 Å². The molecule has 2 aliphatic heterocycles. The van der Waals surface area contributed by atoms with Crippen LogP contribution in [0.3, 0.4) is 0 Å². The largest absolute Gasteiger partial charge is 0.370 e. The fourth-order valence-corrected chi connectivity index (χ4v) is 3.15. The van der Waals surface area contributed by atoms with E-state index < -0.39 is 0 Å². The molecule has 2 nitrogen and oxygen atoms in total. The van der Waals surface area contributed by atoms with Crippen LogP contribution in [0.15, 0.2) is 24.3 Å². The van der Waals surface area contributed by atoms with E-state index in [1.54, 1.807) is 0 Å². The number of piperidine rings is 1. The predicted octanol–water partition coefficient (Wildman–Crippen LogP) is 2.58. The molecule has 1 fully saturated rings. The maximum absolute atomic E-state index is 3.66. The average Bonchev–Trinajstić information content (AvgIpc) is 2.40. The molecular weight excluding hydrogens is 208 g/mol. The molecule has 1 atom stereocenters. The van der Waals surface area contributed by atoms with Crippen molar-refractivity contribution in [2.24, 2.45) is 0 Å². The summed E-state index contributed by atoms with van der Waals surface area (Å²) in [5, 5.41) is 3.66. The third kappa shape index (κ3) is 2.47. The lowest BCUT2D eigenvalue weighted by Gasteiger charge is -2.35. The van der Waals surface area contributed by atoms with Gasteiger partial charge in [0.1, 0.15) is 0 Å². The topological polar surface area (TPSA) is 15.3 Å². The second-order valence-electron chi connectivity index (χ2n) is 5.33. The summed E-state index contributed by atoms with van der Waals surface area (Å²) in [7, 11) is 0. The molecule has 2 heteroatoms. The highest BCUT2D eigenvalue weighted by Gasteiger charge is 2.20. The first-order valence-electron chi connectivity index (χ1n) is 7.00. The Balaban J connectivity index is 1.71. The van der Waals surface area contributed by atoms with E-state index in [9.17, 15) is 0 Å². The zero-order chi connectivity index (χ0) is 11.5. The highest BCUT2D eigenvalue weighted by molar-refractivity contribution is 5.55. The van der Waals surface area contributed by atoms with Crippen LogP contribution in [0.2, 0.25) is 0 Å². The number of hydrogen-bond donors (Lipinski definition) is 1. The van der Waals surface area contributed by atoms with Gasteiger partial charge < -0.3 is 10.2 Å². The molecule has 0 aliphatic carbocycles. The standard InChI is InChI=1S/C15H22N2/c1-2-9-15-13(6-1)7-5-11-17(15)12-14-8-3-4-10-16-14/h1-2,6,9,14,16H,3-5,7-8,10-12H2/t14-/m1/s1. The first kappa shape index (κ1) is 11.1. The van der Waals surface area contributed by atoms with Gasteiger partial charge in [0.05, 0.1) is 0 Å². The van der Waals surface area contributed by atoms with Gasteiger partial charge in [0.15, 0.2) is 0 Å². The Labute approximate surface area is 104 Å². The minimum atomic E-state index is 0.704. The second-order valence-corrected chi connectivity index (χ2v) is 5.33. The summed E-state index contributed by atoms with van der Waals surface area (Å²) in [5.74, 6) is 0. The summed E-state index contributed by atoms with van der Waals surface area (Å²) in [6, 6.07) is 9.62. The normalized spacial score (nSPS) is 24.5. The van der Waals surface area contributed by atoms with Gasteiger partial charge in [-0.25, -0.2) is 0 Å². The monoisotopic (exact) mass is 230 g/mol. The van der Waals surface area contributed by atoms with Gasteiger partial charge in [-0.3, -0.25) is 0 Å². The molecule has 2 aliphatic rings. The highest BCUT2D eigenvalue weighted by Crippen LogP contribution is 2.27. The maximum atomic E-state index is 3.66. The van der Waals surface area contributed by atoms with Gasteiger partial charge in [0.2, 0.25) is 0 Å². The lowest BCUT2D eigenvalue weighted by atomic mass is 9.99. The van der Waals surface area contributed by atoms with E-state index in [4.69, 9.17) is 0 Å². The van der Waals surface area contributed by atoms with Crippen molar-refractivity contribution in [3.05, 3.63) is 29.8 Å². The second kappa shape index (κ2) is 5.09. The average molecular weight is 230 g/mol. The van der Waals surface area contributed by atoms with Crippen molar-refractivity contribution in [3.8, 4) is 0 Å². The molecule has 0 saturated carbocycles. The number of hydrogen-bond acceptors (Lipinski definition) is 2. The van der Waals surface area contributed by atoms with E-state index in [1.165, 1.54) is 63.0 Å². The highest BCUT2D eigenvalue weighted by atomic mass is 15.2. The molecular formula is C15H22N2. The quantitative estimate of drug-likeness (QED) is 0.840. The van der Waals surface area contributed by atoms with E-state index >= 15 is 0 Å². The van der Waals surface area contributed by atoms with E-state index in [1.807, 2.05) is 0 Å². The van der Waals surface area contributed by atoms with Crippen molar-refractivity contribution in [2.75, 3.05) is 24.5 Å². The Morgan fingerprint density at radius 3 is 3.00 bits per heavy atom. The third-order valence-electron chi connectivity index (χ3n) is 4.06. The van der Waals surface area contributed by atoms with Crippen LogP contribution in [0, 0.1) is 0 Å². The molecule has 1 aromatic carbocycles. The third-order valence-corrected chi connectivity index (χ3v) is 4.06. The number of nitrogens with zero attached hydrogens (tertiary/aromatic N) is 1. The van der Waals surface area contributed by atoms with E-state index in [2.05, 4.69) is 34.5 Å². The van der Waals surface area contributed by atoms with Crippen LogP contribution < -0.4 is 10.2 Å². The molecule has 1 aromatic rings. The molecule has 1 N–H and O–H groups in total. The lowest BCUT2D eigenvalue weighted by Crippen LogP contribution is -2.45. The Bertz CT molecular complexity index is 369. The van der Waals surface area contributed by atoms with Gasteiger partial charge >= 0.3 is 0 Å². The Hall–Kier alpha value is -1.02. The lowest BCUT2D eigenvalue weighted by molar-refractivity contribution is 0.397. The molecule has 0 amide bonds. The smallest absolute Gasteiger partial charge is 0.0399 e. The van der Waals surface area contributed by atoms with Crippen LogP contribution >= 0.6 is 0 Å². The van der Waals surface area contributed by atoms with Crippen LogP contribution in [0.5, 0.6) is 0 Å². The first-order chi connectivity index (χ1) is 8.43. The molecule has 0 bridgehead atoms. The van der Waals surface area contributed by atoms with E-state index in [-0.39, 0.29) is 0 Å². The number of anilines is 1. The van der Waals surface area contributed by atoms with Crippen molar-refractivity contribution in [1.82, 2.24) is 5.32 Å². The Kier molecular flexibility index (Phi) is 3.32. The molecule has 2 heterocycles. The van der Waals surface area contributed by atoms with Gasteiger partial charge in [-0.1, -0.05) is 24.6 Å². The van der Waals surface area contributed by atoms with Crippen molar-refractivity contribution >= 4 is 5.69 Å². The van der Waals surface area contributed by atoms with Crippen molar-refractivity contribution in [2.45, 2.75) is 38.1 Å². The van der Waals surface area contributed by atoms with Gasteiger partial charge in [0.25, 0.3) is 0 Å². The van der Waals surface area contributed by atoms with Gasteiger partial charge in [0, 0.05) is 24.8 Å². The van der Waals surface area contributed by atoms with Crippen molar-refractivity contribution < 1.29 is 0 Å². The minimum Gasteiger partial charge on any atom is -0.370 e. The summed E-state index contributed by atoms with van der Waals surface area (Å²) in [5.41, 5.74) is 3.01. The summed E-state index contributed by atoms with van der Waals surface area (Å²) < 4.78 is 0. The number of fused-ring (bicyclic) bond motifs is 1. The SMILES string of the molecule is c1ccc2c(c1)CCCN2C[C@H]1CCCCN1. The zero-order valence-electron chi connectivity index (χ0n) is 10.5. The molecule has 17 heavy (non-hydrogen) atoms. The minimum absolute atomic E-state index is 0.704. The van der Waals surface area contributed by atoms with Crippen LogP contribution in [0.1, 0.15) is 31.2 Å². The van der Waals surface area contributed by atoms with Crippen LogP contribution in [-0.2, 0) is 6.42 Å². The van der Waals surface area contributed by atoms with Gasteiger partial charge in [-0.2, -0.15) is 0 Å². The van der Waals surface area contributed by atoms with Gasteiger partial charge in [-0.05, 0) is 43.9 Å². The van der Waals surface area contributed by atoms with E-state index in [0.29, 0.717) is 6.04 Å². The fourth-order valence-electron chi connectivity index (χ4n) is 3.15. The number of para-hydroxylation sites is 1. The Morgan fingerprint density at radius 1 is 1.18 bits per heavy atom. The zero-order valence-corrected chi connectivity index (χ0v) is 10.5. The van der Waals surface area contributed by atoms with Crippen LogP contribution in [0.4, 0.5) is 5.69 Å². The van der Waals surface area contributed by atoms with Crippen molar-refractivity contribution in [1.29, 1.82) is 0 Å². The predicted molar refractivity (Wildman–Crippen MR) is 72.6 cm³/mol. The molecule has 0 spiro atoms. The van der Waals surface area contributed by atoms with Crippen molar-refractivity contribution in [3.63, 3.8) is 0 Å². The molecule has 92 valence electrons. The summed E-state index contributed by atoms with van der Waals surface area (Å²) in [4.78, 5) is 2.59. The summed E-state index contributed by atoms with van der Waals surface area (Å²) >= 11 is 0. The van der Waals surface area contributed by atoms with Gasteiger partial charge in [-0.15, -0.1) is 0 Å². The first-order valence-corrected chi connectivity index (χ1v) is 7.00. The summed E-state index contributed by atoms with van der Waals surface area (Å²) in [6.45, 7) is 3.63. The molecule has 0 aromatic heterocycles. The molecule has 0 unspecified atom stereocenters. The van der Waals surface area contributed by atoms with Crippen LogP contribution in [0.25, 0.3) is 0 Å². The summed E-state index contributed by atoms with van der Waals surface area (Å²) in [6.07, 6.45) is 6.66. The molecule has 1 saturated heterocycles. The van der Waals surface area contributed by atoms with Crippen LogP contribution in [-0.4, -0.2) is 25.7 Å². The fraction of sp³-hybridized carbons (Fsp3) is 0.600. The number of rotatable bonds is 2. The number of nitrogens with one attached hydrogen (secondary N) is 1. The molecule has 3 rings (SSSR count). The number of benzene rings is 1. The Morgan fingerprint density at radius 2 is 2.12 bits per heavy atom. The molecule has 0 radical (unpaired) electrons. The number of aryl methyl sites for hydroxylation is 1.